The Morgan fingerprint density at radius 3 is 3.00 bits per heavy atom. The van der Waals surface area contributed by atoms with E-state index in [1.165, 1.54) is 0 Å². The lowest BCUT2D eigenvalue weighted by Crippen LogP contribution is -2.50. The molecule has 2 heterocycles. The maximum absolute atomic E-state index is 12.3. The largest absolute Gasteiger partial charge is 0.350 e. The molecule has 1 saturated heterocycles. The van der Waals surface area contributed by atoms with Crippen LogP contribution in [0.2, 0.25) is 0 Å². The zero-order valence-corrected chi connectivity index (χ0v) is 14.7. The Balaban J connectivity index is 1.62. The fourth-order valence-corrected chi connectivity index (χ4v) is 3.56. The highest BCUT2D eigenvalue weighted by Gasteiger charge is 2.28. The fourth-order valence-electron chi connectivity index (χ4n) is 2.94. The van der Waals surface area contributed by atoms with Crippen LogP contribution in [0.4, 0.5) is 0 Å². The van der Waals surface area contributed by atoms with Gasteiger partial charge in [-0.1, -0.05) is 25.1 Å². The van der Waals surface area contributed by atoms with Crippen LogP contribution in [0.15, 0.2) is 29.6 Å². The molecule has 5 nitrogen and oxygen atoms in total. The van der Waals surface area contributed by atoms with Gasteiger partial charge in [0.15, 0.2) is 0 Å². The molecular formula is C18H21N3O2S. The number of carbonyl (C=O) groups excluding carboxylic acids is 2. The summed E-state index contributed by atoms with van der Waals surface area (Å²) in [7, 11) is 0. The van der Waals surface area contributed by atoms with Crippen molar-refractivity contribution in [2.24, 2.45) is 5.92 Å². The first-order chi connectivity index (χ1) is 11.5. The van der Waals surface area contributed by atoms with E-state index in [9.17, 15) is 9.59 Å². The average Bonchev–Trinajstić information content (AvgIpc) is 2.98. The fraction of sp³-hybridized carbons (Fsp3) is 0.389. The van der Waals surface area contributed by atoms with Gasteiger partial charge < -0.3 is 10.6 Å². The molecular weight excluding hydrogens is 322 g/mol. The van der Waals surface area contributed by atoms with Crippen LogP contribution in [-0.2, 0) is 16.1 Å². The van der Waals surface area contributed by atoms with Crippen LogP contribution >= 0.6 is 11.3 Å². The molecule has 0 radical (unpaired) electrons. The molecule has 2 N–H and O–H groups in total. The van der Waals surface area contributed by atoms with Crippen LogP contribution < -0.4 is 10.6 Å². The van der Waals surface area contributed by atoms with Gasteiger partial charge in [0.05, 0.1) is 10.7 Å². The summed E-state index contributed by atoms with van der Waals surface area (Å²) >= 11 is 1.62. The van der Waals surface area contributed by atoms with Crippen LogP contribution in [0.3, 0.4) is 0 Å². The molecule has 3 rings (SSSR count). The highest BCUT2D eigenvalue weighted by atomic mass is 32.1. The summed E-state index contributed by atoms with van der Waals surface area (Å²) in [5.41, 5.74) is 3.02. The lowest BCUT2D eigenvalue weighted by molar-refractivity contribution is -0.132. The average molecular weight is 343 g/mol. The zero-order valence-electron chi connectivity index (χ0n) is 13.8. The van der Waals surface area contributed by atoms with Gasteiger partial charge in [-0.25, -0.2) is 4.98 Å². The third-order valence-electron chi connectivity index (χ3n) is 4.13. The summed E-state index contributed by atoms with van der Waals surface area (Å²) in [6.07, 6.45) is 1.19. The van der Waals surface area contributed by atoms with Crippen LogP contribution in [-0.4, -0.2) is 22.8 Å². The second-order valence-corrected chi connectivity index (χ2v) is 7.40. The predicted molar refractivity (Wildman–Crippen MR) is 94.5 cm³/mol. The molecule has 24 heavy (non-hydrogen) atoms. The molecule has 1 aliphatic heterocycles. The van der Waals surface area contributed by atoms with Crippen molar-refractivity contribution < 1.29 is 9.59 Å². The lowest BCUT2D eigenvalue weighted by atomic mass is 9.93. The molecule has 0 saturated carbocycles. The first-order valence-corrected chi connectivity index (χ1v) is 8.98. The van der Waals surface area contributed by atoms with Gasteiger partial charge in [-0.05, 0) is 30.9 Å². The number of thiazole rings is 1. The topological polar surface area (TPSA) is 71.1 Å². The van der Waals surface area contributed by atoms with Gasteiger partial charge in [0.2, 0.25) is 11.8 Å². The van der Waals surface area contributed by atoms with E-state index in [2.05, 4.69) is 15.6 Å². The molecule has 2 aromatic rings. The molecule has 0 spiro atoms. The Morgan fingerprint density at radius 2 is 2.29 bits per heavy atom. The Bertz CT molecular complexity index is 756. The molecule has 126 valence electrons. The first kappa shape index (κ1) is 16.6. The van der Waals surface area contributed by atoms with Crippen molar-refractivity contribution in [1.29, 1.82) is 0 Å². The van der Waals surface area contributed by atoms with E-state index in [4.69, 9.17) is 0 Å². The molecule has 1 aromatic carbocycles. The summed E-state index contributed by atoms with van der Waals surface area (Å²) in [5.74, 6) is 0.0744. The minimum atomic E-state index is -0.425. The molecule has 1 aromatic heterocycles. The van der Waals surface area contributed by atoms with Crippen LogP contribution in [0.1, 0.15) is 30.3 Å². The number of aromatic nitrogens is 1. The van der Waals surface area contributed by atoms with E-state index >= 15 is 0 Å². The minimum absolute atomic E-state index is 0.0465. The van der Waals surface area contributed by atoms with Gasteiger partial charge in [-0.15, -0.1) is 11.3 Å². The van der Waals surface area contributed by atoms with Gasteiger partial charge >= 0.3 is 0 Å². The Kier molecular flexibility index (Phi) is 4.94. The number of nitrogens with zero attached hydrogens (tertiary/aromatic N) is 1. The monoisotopic (exact) mass is 343 g/mol. The standard InChI is InChI=1S/C18H21N3O2S/c1-11-6-15(21-17(22)7-11)18(23)19-9-13-4-3-5-14(8-13)16-10-24-12(2)20-16/h3-5,8,10-11,15H,6-7,9H2,1-2H3,(H,19,23)(H,21,22)/t11-,15-/m0/s1. The number of piperidine rings is 1. The maximum atomic E-state index is 12.3. The third kappa shape index (κ3) is 4.00. The van der Waals surface area contributed by atoms with Crippen LogP contribution in [0.5, 0.6) is 0 Å². The molecule has 6 heteroatoms. The maximum Gasteiger partial charge on any atom is 0.242 e. The highest BCUT2D eigenvalue weighted by molar-refractivity contribution is 7.09. The summed E-state index contributed by atoms with van der Waals surface area (Å²) < 4.78 is 0. The van der Waals surface area contributed by atoms with E-state index < -0.39 is 6.04 Å². The molecule has 1 fully saturated rings. The van der Waals surface area contributed by atoms with Crippen molar-refractivity contribution in [2.45, 2.75) is 39.3 Å². The minimum Gasteiger partial charge on any atom is -0.350 e. The summed E-state index contributed by atoms with van der Waals surface area (Å²) in [6, 6.07) is 7.58. The van der Waals surface area contributed by atoms with E-state index in [-0.39, 0.29) is 17.7 Å². The summed E-state index contributed by atoms with van der Waals surface area (Å²) in [4.78, 5) is 28.3. The van der Waals surface area contributed by atoms with Crippen molar-refractivity contribution in [3.63, 3.8) is 0 Å². The van der Waals surface area contributed by atoms with E-state index in [1.54, 1.807) is 11.3 Å². The van der Waals surface area contributed by atoms with E-state index in [0.29, 0.717) is 19.4 Å². The number of nitrogens with one attached hydrogen (secondary N) is 2. The number of hydrogen-bond donors (Lipinski definition) is 2. The Hall–Kier alpha value is -2.21. The van der Waals surface area contributed by atoms with Crippen molar-refractivity contribution in [1.82, 2.24) is 15.6 Å². The van der Waals surface area contributed by atoms with Crippen LogP contribution in [0, 0.1) is 12.8 Å². The van der Waals surface area contributed by atoms with E-state index in [0.717, 1.165) is 21.8 Å². The molecule has 2 atom stereocenters. The molecule has 0 aliphatic carbocycles. The van der Waals surface area contributed by atoms with Gasteiger partial charge in [0.25, 0.3) is 0 Å². The van der Waals surface area contributed by atoms with Gasteiger partial charge in [-0.3, -0.25) is 9.59 Å². The predicted octanol–water partition coefficient (Wildman–Crippen LogP) is 2.65. The molecule has 2 amide bonds. The van der Waals surface area contributed by atoms with Gasteiger partial charge in [0.1, 0.15) is 6.04 Å². The van der Waals surface area contributed by atoms with Crippen molar-refractivity contribution in [2.75, 3.05) is 0 Å². The molecule has 0 bridgehead atoms. The Labute approximate surface area is 145 Å². The summed E-state index contributed by atoms with van der Waals surface area (Å²) in [5, 5.41) is 8.75. The number of rotatable bonds is 4. The zero-order chi connectivity index (χ0) is 17.1. The summed E-state index contributed by atoms with van der Waals surface area (Å²) in [6.45, 7) is 4.42. The number of amides is 2. The second-order valence-electron chi connectivity index (χ2n) is 6.34. The number of carbonyl (C=O) groups is 2. The number of benzene rings is 1. The lowest BCUT2D eigenvalue weighted by Gasteiger charge is -2.26. The highest BCUT2D eigenvalue weighted by Crippen LogP contribution is 2.22. The van der Waals surface area contributed by atoms with Gasteiger partial charge in [-0.2, -0.15) is 0 Å². The smallest absolute Gasteiger partial charge is 0.242 e. The van der Waals surface area contributed by atoms with Crippen LogP contribution in [0.25, 0.3) is 11.3 Å². The van der Waals surface area contributed by atoms with Crippen molar-refractivity contribution in [3.05, 3.63) is 40.2 Å². The quantitative estimate of drug-likeness (QED) is 0.896. The SMILES string of the molecule is Cc1nc(-c2cccc(CNC(=O)[C@@H]3C[C@H](C)CC(=O)N3)c2)cs1. The van der Waals surface area contributed by atoms with Crippen molar-refractivity contribution >= 4 is 23.2 Å². The second kappa shape index (κ2) is 7.13. The van der Waals surface area contributed by atoms with Crippen molar-refractivity contribution in [3.8, 4) is 11.3 Å². The molecule has 0 unspecified atom stereocenters. The first-order valence-electron chi connectivity index (χ1n) is 8.10. The normalized spacial score (nSPS) is 20.5. The Morgan fingerprint density at radius 1 is 1.46 bits per heavy atom. The molecule has 1 aliphatic rings. The number of hydrogen-bond acceptors (Lipinski definition) is 4. The third-order valence-corrected chi connectivity index (χ3v) is 4.91. The van der Waals surface area contributed by atoms with E-state index in [1.807, 2.05) is 43.5 Å². The number of aryl methyl sites for hydroxylation is 1. The van der Waals surface area contributed by atoms with Gasteiger partial charge in [0, 0.05) is 23.9 Å².